The lowest BCUT2D eigenvalue weighted by Crippen LogP contribution is -2.00. The Morgan fingerprint density at radius 2 is 2.00 bits per heavy atom. The highest BCUT2D eigenvalue weighted by atomic mass is 35.5. The van der Waals surface area contributed by atoms with Gasteiger partial charge in [0.2, 0.25) is 0 Å². The minimum Gasteiger partial charge on any atom is -0.478 e. The Morgan fingerprint density at radius 3 is 2.61 bits per heavy atom. The largest absolute Gasteiger partial charge is 0.478 e. The van der Waals surface area contributed by atoms with Gasteiger partial charge in [0.1, 0.15) is 5.82 Å². The summed E-state index contributed by atoms with van der Waals surface area (Å²) in [5.74, 6) is -2.09. The van der Waals surface area contributed by atoms with Crippen molar-refractivity contribution in [2.24, 2.45) is 0 Å². The summed E-state index contributed by atoms with van der Waals surface area (Å²) in [5, 5.41) is 9.61. The molecule has 7 heteroatoms. The molecule has 18 heavy (non-hydrogen) atoms. The van der Waals surface area contributed by atoms with Gasteiger partial charge >= 0.3 is 5.97 Å². The zero-order chi connectivity index (χ0) is 13.1. The molecule has 0 aliphatic heterocycles. The molecule has 1 aromatic heterocycles. The Hall–Kier alpha value is -1.66. The van der Waals surface area contributed by atoms with Crippen molar-refractivity contribution in [2.45, 2.75) is 10.1 Å². The van der Waals surface area contributed by atoms with Crippen LogP contribution in [0.25, 0.3) is 0 Å². The SMILES string of the molecule is O=C(O)c1cc(Sc2ncc(Cl)cn2)ccc1F. The van der Waals surface area contributed by atoms with E-state index < -0.39 is 11.8 Å². The first-order valence-electron chi connectivity index (χ1n) is 4.74. The second-order valence-electron chi connectivity index (χ2n) is 3.23. The number of hydrogen-bond acceptors (Lipinski definition) is 4. The zero-order valence-corrected chi connectivity index (χ0v) is 10.4. The van der Waals surface area contributed by atoms with E-state index in [1.807, 2.05) is 0 Å². The van der Waals surface area contributed by atoms with Crippen LogP contribution in [0.5, 0.6) is 0 Å². The molecule has 0 fully saturated rings. The number of aromatic nitrogens is 2. The fraction of sp³-hybridized carbons (Fsp3) is 0. The molecule has 1 heterocycles. The molecule has 0 saturated carbocycles. The molecule has 0 radical (unpaired) electrons. The molecule has 0 saturated heterocycles. The molecule has 0 bridgehead atoms. The average molecular weight is 285 g/mol. The maximum atomic E-state index is 13.2. The van der Waals surface area contributed by atoms with Crippen LogP contribution >= 0.6 is 23.4 Å². The summed E-state index contributed by atoms with van der Waals surface area (Å²) in [6.07, 6.45) is 2.86. The van der Waals surface area contributed by atoms with Gasteiger partial charge in [-0.25, -0.2) is 19.2 Å². The summed E-state index contributed by atoms with van der Waals surface area (Å²) in [4.78, 5) is 19.2. The fourth-order valence-electron chi connectivity index (χ4n) is 1.19. The van der Waals surface area contributed by atoms with Crippen LogP contribution in [-0.4, -0.2) is 21.0 Å². The van der Waals surface area contributed by atoms with Crippen LogP contribution in [0, 0.1) is 5.82 Å². The van der Waals surface area contributed by atoms with Gasteiger partial charge in [-0.15, -0.1) is 0 Å². The summed E-state index contributed by atoms with van der Waals surface area (Å²) >= 11 is 6.77. The Kier molecular flexibility index (Phi) is 3.78. The lowest BCUT2D eigenvalue weighted by atomic mass is 10.2. The van der Waals surface area contributed by atoms with Crippen molar-refractivity contribution in [1.29, 1.82) is 0 Å². The molecule has 1 aromatic carbocycles. The van der Waals surface area contributed by atoms with Gasteiger partial charge in [-0.3, -0.25) is 0 Å². The minimum atomic E-state index is -1.31. The molecule has 92 valence electrons. The second-order valence-corrected chi connectivity index (χ2v) is 4.71. The topological polar surface area (TPSA) is 63.1 Å². The van der Waals surface area contributed by atoms with Gasteiger partial charge in [0.25, 0.3) is 0 Å². The van der Waals surface area contributed by atoms with E-state index in [4.69, 9.17) is 16.7 Å². The number of carbonyl (C=O) groups is 1. The molecule has 0 amide bonds. The molecule has 0 aliphatic rings. The van der Waals surface area contributed by atoms with E-state index in [1.54, 1.807) is 0 Å². The van der Waals surface area contributed by atoms with Crippen LogP contribution in [0.4, 0.5) is 4.39 Å². The molecule has 2 rings (SSSR count). The summed E-state index contributed by atoms with van der Waals surface area (Å²) in [6, 6.07) is 3.80. The molecule has 0 spiro atoms. The van der Waals surface area contributed by atoms with Gasteiger partial charge < -0.3 is 5.11 Å². The lowest BCUT2D eigenvalue weighted by molar-refractivity contribution is 0.0691. The number of benzene rings is 1. The summed E-state index contributed by atoms with van der Waals surface area (Å²) in [5.41, 5.74) is -0.381. The molecule has 2 aromatic rings. The van der Waals surface area contributed by atoms with Crippen molar-refractivity contribution in [3.8, 4) is 0 Å². The number of halogens is 2. The van der Waals surface area contributed by atoms with Crippen LogP contribution in [-0.2, 0) is 0 Å². The van der Waals surface area contributed by atoms with E-state index in [1.165, 1.54) is 24.5 Å². The van der Waals surface area contributed by atoms with Gasteiger partial charge in [0.15, 0.2) is 5.16 Å². The van der Waals surface area contributed by atoms with E-state index in [9.17, 15) is 9.18 Å². The van der Waals surface area contributed by atoms with Crippen molar-refractivity contribution in [2.75, 3.05) is 0 Å². The number of carboxylic acid groups (broad SMARTS) is 1. The first-order chi connectivity index (χ1) is 8.56. The number of rotatable bonds is 3. The molecule has 0 atom stereocenters. The van der Waals surface area contributed by atoms with Gasteiger partial charge in [-0.1, -0.05) is 11.6 Å². The van der Waals surface area contributed by atoms with E-state index in [0.717, 1.165) is 17.8 Å². The van der Waals surface area contributed by atoms with Gasteiger partial charge in [-0.05, 0) is 30.0 Å². The van der Waals surface area contributed by atoms with Crippen LogP contribution in [0.3, 0.4) is 0 Å². The van der Waals surface area contributed by atoms with E-state index in [2.05, 4.69) is 9.97 Å². The summed E-state index contributed by atoms with van der Waals surface area (Å²) < 4.78 is 13.2. The van der Waals surface area contributed by atoms with E-state index in [0.29, 0.717) is 15.1 Å². The molecule has 4 nitrogen and oxygen atoms in total. The maximum Gasteiger partial charge on any atom is 0.338 e. The number of hydrogen-bond donors (Lipinski definition) is 1. The summed E-state index contributed by atoms with van der Waals surface area (Å²) in [6.45, 7) is 0. The Balaban J connectivity index is 2.27. The minimum absolute atomic E-state index is 0.381. The highest BCUT2D eigenvalue weighted by Gasteiger charge is 2.11. The number of nitrogens with zero attached hydrogens (tertiary/aromatic N) is 2. The van der Waals surface area contributed by atoms with Gasteiger partial charge in [-0.2, -0.15) is 0 Å². The predicted molar refractivity (Wildman–Crippen MR) is 64.5 cm³/mol. The highest BCUT2D eigenvalue weighted by Crippen LogP contribution is 2.26. The Labute approximate surface area is 111 Å². The first-order valence-corrected chi connectivity index (χ1v) is 5.94. The average Bonchev–Trinajstić information content (AvgIpc) is 2.34. The van der Waals surface area contributed by atoms with Crippen molar-refractivity contribution < 1.29 is 14.3 Å². The van der Waals surface area contributed by atoms with Crippen molar-refractivity contribution in [1.82, 2.24) is 9.97 Å². The Morgan fingerprint density at radius 1 is 1.33 bits per heavy atom. The van der Waals surface area contributed by atoms with Crippen molar-refractivity contribution in [3.63, 3.8) is 0 Å². The highest BCUT2D eigenvalue weighted by molar-refractivity contribution is 7.99. The van der Waals surface area contributed by atoms with Crippen molar-refractivity contribution >= 4 is 29.3 Å². The maximum absolute atomic E-state index is 13.2. The van der Waals surface area contributed by atoms with Crippen LogP contribution in [0.15, 0.2) is 40.6 Å². The fourth-order valence-corrected chi connectivity index (χ4v) is 2.02. The predicted octanol–water partition coefficient (Wildman–Crippen LogP) is 3.12. The normalized spacial score (nSPS) is 10.3. The lowest BCUT2D eigenvalue weighted by Gasteiger charge is -2.02. The standard InChI is InChI=1S/C11H6ClFN2O2S/c12-6-4-14-11(15-5-6)18-7-1-2-9(13)8(3-7)10(16)17/h1-5H,(H,16,17). The van der Waals surface area contributed by atoms with Gasteiger partial charge in [0, 0.05) is 4.90 Å². The second kappa shape index (κ2) is 5.32. The third-order valence-electron chi connectivity index (χ3n) is 1.97. The monoisotopic (exact) mass is 284 g/mol. The van der Waals surface area contributed by atoms with E-state index >= 15 is 0 Å². The van der Waals surface area contributed by atoms with Crippen LogP contribution in [0.2, 0.25) is 5.02 Å². The quantitative estimate of drug-likeness (QED) is 0.878. The van der Waals surface area contributed by atoms with Crippen LogP contribution < -0.4 is 0 Å². The summed E-state index contributed by atoms with van der Waals surface area (Å²) in [7, 11) is 0. The third kappa shape index (κ3) is 2.96. The number of aromatic carboxylic acids is 1. The van der Waals surface area contributed by atoms with Gasteiger partial charge in [0.05, 0.1) is 23.0 Å². The first kappa shape index (κ1) is 12.8. The smallest absolute Gasteiger partial charge is 0.338 e. The van der Waals surface area contributed by atoms with Crippen LogP contribution in [0.1, 0.15) is 10.4 Å². The molecule has 0 aliphatic carbocycles. The third-order valence-corrected chi connectivity index (χ3v) is 3.05. The number of carboxylic acids is 1. The molecular weight excluding hydrogens is 279 g/mol. The molecule has 1 N–H and O–H groups in total. The zero-order valence-electron chi connectivity index (χ0n) is 8.80. The van der Waals surface area contributed by atoms with Crippen molar-refractivity contribution in [3.05, 3.63) is 47.0 Å². The molecule has 0 unspecified atom stereocenters. The van der Waals surface area contributed by atoms with E-state index in [-0.39, 0.29) is 5.56 Å². The molecular formula is C11H6ClFN2O2S. The Bertz CT molecular complexity index is 592.